The highest BCUT2D eigenvalue weighted by Gasteiger charge is 2.15. The summed E-state index contributed by atoms with van der Waals surface area (Å²) in [4.78, 5) is 7.22. The SMILES string of the molecule is Cc1ccc(-c2ncc3n2CCCC3)s1. The molecule has 2 aromatic heterocycles. The molecular weight excluding hydrogens is 204 g/mol. The highest BCUT2D eigenvalue weighted by atomic mass is 32.1. The zero-order chi connectivity index (χ0) is 10.3. The Kier molecular flexibility index (Phi) is 2.13. The Bertz CT molecular complexity index is 482. The van der Waals surface area contributed by atoms with E-state index in [-0.39, 0.29) is 0 Å². The average Bonchev–Trinajstić information content (AvgIpc) is 2.83. The number of thiophene rings is 1. The number of rotatable bonds is 1. The summed E-state index contributed by atoms with van der Waals surface area (Å²) in [6, 6.07) is 4.36. The van der Waals surface area contributed by atoms with Crippen molar-refractivity contribution in [3.63, 3.8) is 0 Å². The summed E-state index contributed by atoms with van der Waals surface area (Å²) in [6.45, 7) is 3.29. The summed E-state index contributed by atoms with van der Waals surface area (Å²) in [5.74, 6) is 1.17. The van der Waals surface area contributed by atoms with Gasteiger partial charge in [-0.25, -0.2) is 4.98 Å². The Morgan fingerprint density at radius 2 is 2.27 bits per heavy atom. The molecule has 1 aliphatic heterocycles. The van der Waals surface area contributed by atoms with E-state index in [4.69, 9.17) is 0 Å². The molecule has 3 heterocycles. The minimum Gasteiger partial charge on any atom is -0.327 e. The Hall–Kier alpha value is -1.09. The Balaban J connectivity index is 2.08. The molecular formula is C12H14N2S. The van der Waals surface area contributed by atoms with Crippen LogP contribution in [0.1, 0.15) is 23.4 Å². The molecule has 0 fully saturated rings. The molecule has 0 saturated heterocycles. The van der Waals surface area contributed by atoms with Gasteiger partial charge in [0, 0.05) is 23.3 Å². The fraction of sp³-hybridized carbons (Fsp3) is 0.417. The molecule has 0 radical (unpaired) electrons. The van der Waals surface area contributed by atoms with E-state index in [2.05, 4.69) is 28.6 Å². The van der Waals surface area contributed by atoms with Gasteiger partial charge in [0.2, 0.25) is 0 Å². The zero-order valence-electron chi connectivity index (χ0n) is 8.86. The van der Waals surface area contributed by atoms with Gasteiger partial charge >= 0.3 is 0 Å². The van der Waals surface area contributed by atoms with Crippen molar-refractivity contribution in [3.05, 3.63) is 28.9 Å². The number of hydrogen-bond donors (Lipinski definition) is 0. The highest BCUT2D eigenvalue weighted by molar-refractivity contribution is 7.15. The van der Waals surface area contributed by atoms with Crippen LogP contribution in [0.3, 0.4) is 0 Å². The van der Waals surface area contributed by atoms with Crippen molar-refractivity contribution in [2.75, 3.05) is 0 Å². The van der Waals surface area contributed by atoms with Crippen molar-refractivity contribution in [1.82, 2.24) is 9.55 Å². The lowest BCUT2D eigenvalue weighted by molar-refractivity contribution is 0.537. The molecule has 2 aromatic rings. The van der Waals surface area contributed by atoms with Crippen LogP contribution in [0.4, 0.5) is 0 Å². The van der Waals surface area contributed by atoms with Crippen molar-refractivity contribution in [2.45, 2.75) is 32.7 Å². The van der Waals surface area contributed by atoms with Gasteiger partial charge in [-0.05, 0) is 38.3 Å². The number of imidazole rings is 1. The van der Waals surface area contributed by atoms with Crippen molar-refractivity contribution in [2.24, 2.45) is 0 Å². The predicted molar refractivity (Wildman–Crippen MR) is 63.2 cm³/mol. The fourth-order valence-corrected chi connectivity index (χ4v) is 3.06. The van der Waals surface area contributed by atoms with Crippen molar-refractivity contribution < 1.29 is 0 Å². The molecule has 0 aliphatic carbocycles. The van der Waals surface area contributed by atoms with Gasteiger partial charge in [-0.3, -0.25) is 0 Å². The van der Waals surface area contributed by atoms with Crippen LogP contribution in [0.5, 0.6) is 0 Å². The highest BCUT2D eigenvalue weighted by Crippen LogP contribution is 2.29. The van der Waals surface area contributed by atoms with E-state index in [0.29, 0.717) is 0 Å². The van der Waals surface area contributed by atoms with Gasteiger partial charge in [0.25, 0.3) is 0 Å². The molecule has 78 valence electrons. The first-order valence-electron chi connectivity index (χ1n) is 5.46. The van der Waals surface area contributed by atoms with E-state index in [1.807, 2.05) is 17.5 Å². The smallest absolute Gasteiger partial charge is 0.150 e. The van der Waals surface area contributed by atoms with E-state index >= 15 is 0 Å². The minimum atomic E-state index is 1.14. The Morgan fingerprint density at radius 3 is 3.07 bits per heavy atom. The molecule has 0 aromatic carbocycles. The summed E-state index contributed by atoms with van der Waals surface area (Å²) in [6.07, 6.45) is 5.84. The van der Waals surface area contributed by atoms with Gasteiger partial charge in [0.15, 0.2) is 0 Å². The number of fused-ring (bicyclic) bond motifs is 1. The molecule has 0 N–H and O–H groups in total. The molecule has 0 unspecified atom stereocenters. The average molecular weight is 218 g/mol. The maximum absolute atomic E-state index is 4.55. The second kappa shape index (κ2) is 3.49. The first-order valence-corrected chi connectivity index (χ1v) is 6.27. The standard InChI is InChI=1S/C12H14N2S/c1-9-5-6-11(15-9)12-13-8-10-4-2-3-7-14(10)12/h5-6,8H,2-4,7H2,1H3. The van der Waals surface area contributed by atoms with Crippen molar-refractivity contribution >= 4 is 11.3 Å². The van der Waals surface area contributed by atoms with Crippen LogP contribution in [0.2, 0.25) is 0 Å². The Morgan fingerprint density at radius 1 is 1.33 bits per heavy atom. The van der Waals surface area contributed by atoms with Gasteiger partial charge in [0.1, 0.15) is 5.82 Å². The van der Waals surface area contributed by atoms with E-state index in [1.165, 1.54) is 40.5 Å². The van der Waals surface area contributed by atoms with E-state index in [0.717, 1.165) is 6.54 Å². The summed E-state index contributed by atoms with van der Waals surface area (Å²) >= 11 is 1.83. The van der Waals surface area contributed by atoms with Crippen LogP contribution in [0, 0.1) is 6.92 Å². The Labute approximate surface area is 93.6 Å². The van der Waals surface area contributed by atoms with Gasteiger partial charge in [-0.15, -0.1) is 11.3 Å². The molecule has 0 saturated carbocycles. The number of nitrogens with zero attached hydrogens (tertiary/aromatic N) is 2. The summed E-state index contributed by atoms with van der Waals surface area (Å²) in [7, 11) is 0. The van der Waals surface area contributed by atoms with Gasteiger partial charge in [0.05, 0.1) is 4.88 Å². The quantitative estimate of drug-likeness (QED) is 0.718. The molecule has 2 nitrogen and oxygen atoms in total. The topological polar surface area (TPSA) is 17.8 Å². The van der Waals surface area contributed by atoms with Crippen LogP contribution in [0.15, 0.2) is 18.3 Å². The first kappa shape index (κ1) is 9.16. The largest absolute Gasteiger partial charge is 0.327 e. The number of aromatic nitrogens is 2. The maximum atomic E-state index is 4.55. The van der Waals surface area contributed by atoms with Gasteiger partial charge in [-0.2, -0.15) is 0 Å². The van der Waals surface area contributed by atoms with Gasteiger partial charge < -0.3 is 4.57 Å². The minimum absolute atomic E-state index is 1.14. The maximum Gasteiger partial charge on any atom is 0.150 e. The molecule has 15 heavy (non-hydrogen) atoms. The van der Waals surface area contributed by atoms with Crippen LogP contribution in [-0.2, 0) is 13.0 Å². The van der Waals surface area contributed by atoms with Crippen LogP contribution >= 0.6 is 11.3 Å². The number of aryl methyl sites for hydroxylation is 2. The van der Waals surface area contributed by atoms with E-state index < -0.39 is 0 Å². The van der Waals surface area contributed by atoms with Crippen molar-refractivity contribution in [3.8, 4) is 10.7 Å². The normalized spacial score (nSPS) is 15.3. The van der Waals surface area contributed by atoms with Crippen molar-refractivity contribution in [1.29, 1.82) is 0 Å². The number of hydrogen-bond acceptors (Lipinski definition) is 2. The monoisotopic (exact) mass is 218 g/mol. The lowest BCUT2D eigenvalue weighted by Gasteiger charge is -2.15. The lowest BCUT2D eigenvalue weighted by Crippen LogP contribution is -2.10. The molecule has 0 amide bonds. The van der Waals surface area contributed by atoms with Crippen LogP contribution < -0.4 is 0 Å². The third kappa shape index (κ3) is 1.51. The summed E-state index contributed by atoms with van der Waals surface area (Å²) < 4.78 is 2.38. The third-order valence-corrected chi connectivity index (χ3v) is 3.96. The van der Waals surface area contributed by atoms with Gasteiger partial charge in [-0.1, -0.05) is 0 Å². The fourth-order valence-electron chi connectivity index (χ4n) is 2.19. The van der Waals surface area contributed by atoms with Crippen LogP contribution in [-0.4, -0.2) is 9.55 Å². The molecule has 3 rings (SSSR count). The zero-order valence-corrected chi connectivity index (χ0v) is 9.68. The van der Waals surface area contributed by atoms with E-state index in [1.54, 1.807) is 0 Å². The molecule has 0 atom stereocenters. The molecule has 0 bridgehead atoms. The first-order chi connectivity index (χ1) is 7.34. The molecule has 3 heteroatoms. The van der Waals surface area contributed by atoms with Crippen LogP contribution in [0.25, 0.3) is 10.7 Å². The summed E-state index contributed by atoms with van der Waals surface area (Å²) in [5, 5.41) is 0. The second-order valence-electron chi connectivity index (χ2n) is 4.09. The molecule has 0 spiro atoms. The second-order valence-corrected chi connectivity index (χ2v) is 5.38. The third-order valence-electron chi connectivity index (χ3n) is 2.96. The lowest BCUT2D eigenvalue weighted by atomic mass is 10.1. The molecule has 1 aliphatic rings. The van der Waals surface area contributed by atoms with E-state index in [9.17, 15) is 0 Å². The summed E-state index contributed by atoms with van der Waals surface area (Å²) in [5.41, 5.74) is 1.40. The predicted octanol–water partition coefficient (Wildman–Crippen LogP) is 3.26.